The molecule has 0 spiro atoms. The lowest BCUT2D eigenvalue weighted by Gasteiger charge is -2.21. The van der Waals surface area contributed by atoms with Crippen LogP contribution in [0.1, 0.15) is 33.1 Å². The SMILES string of the molecule is CC/C(C)=C\C(=O)NC[C@@H]1CCCOC1. The maximum absolute atomic E-state index is 11.4. The van der Waals surface area contributed by atoms with E-state index in [2.05, 4.69) is 5.32 Å². The van der Waals surface area contributed by atoms with Gasteiger partial charge in [-0.3, -0.25) is 4.79 Å². The molecule has 3 heteroatoms. The van der Waals surface area contributed by atoms with E-state index in [0.29, 0.717) is 5.92 Å². The molecule has 0 unspecified atom stereocenters. The van der Waals surface area contributed by atoms with Gasteiger partial charge in [0.1, 0.15) is 0 Å². The summed E-state index contributed by atoms with van der Waals surface area (Å²) in [5.74, 6) is 0.526. The molecule has 1 aliphatic heterocycles. The highest BCUT2D eigenvalue weighted by atomic mass is 16.5. The smallest absolute Gasteiger partial charge is 0.243 e. The van der Waals surface area contributed by atoms with Crippen molar-refractivity contribution in [2.24, 2.45) is 5.92 Å². The molecule has 3 nitrogen and oxygen atoms in total. The van der Waals surface area contributed by atoms with E-state index < -0.39 is 0 Å². The summed E-state index contributed by atoms with van der Waals surface area (Å²) < 4.78 is 5.35. The van der Waals surface area contributed by atoms with E-state index in [1.807, 2.05) is 13.8 Å². The molecule has 0 aromatic carbocycles. The van der Waals surface area contributed by atoms with Gasteiger partial charge in [0.25, 0.3) is 0 Å². The van der Waals surface area contributed by atoms with Gasteiger partial charge in [-0.05, 0) is 32.1 Å². The molecule has 15 heavy (non-hydrogen) atoms. The number of allylic oxidation sites excluding steroid dienone is 1. The van der Waals surface area contributed by atoms with Crippen LogP contribution in [-0.2, 0) is 9.53 Å². The molecule has 0 radical (unpaired) electrons. The fraction of sp³-hybridized carbons (Fsp3) is 0.750. The number of rotatable bonds is 4. The van der Waals surface area contributed by atoms with Crippen molar-refractivity contribution in [1.29, 1.82) is 0 Å². The van der Waals surface area contributed by atoms with E-state index in [9.17, 15) is 4.79 Å². The van der Waals surface area contributed by atoms with Crippen molar-refractivity contribution in [3.8, 4) is 0 Å². The van der Waals surface area contributed by atoms with Crippen LogP contribution in [0.5, 0.6) is 0 Å². The highest BCUT2D eigenvalue weighted by Crippen LogP contribution is 2.12. The second-order valence-electron chi connectivity index (χ2n) is 4.17. The van der Waals surface area contributed by atoms with Crippen molar-refractivity contribution in [2.75, 3.05) is 19.8 Å². The summed E-state index contributed by atoms with van der Waals surface area (Å²) in [4.78, 5) is 11.4. The van der Waals surface area contributed by atoms with Crippen molar-refractivity contribution in [2.45, 2.75) is 33.1 Å². The predicted octanol–water partition coefficient (Wildman–Crippen LogP) is 1.89. The molecule has 0 aromatic rings. The van der Waals surface area contributed by atoms with E-state index >= 15 is 0 Å². The molecular formula is C12H21NO2. The Bertz CT molecular complexity index is 230. The molecule has 0 bridgehead atoms. The van der Waals surface area contributed by atoms with Crippen molar-refractivity contribution >= 4 is 5.91 Å². The zero-order valence-corrected chi connectivity index (χ0v) is 9.71. The summed E-state index contributed by atoms with van der Waals surface area (Å²) in [6, 6.07) is 0. The lowest BCUT2D eigenvalue weighted by molar-refractivity contribution is -0.116. The molecule has 1 heterocycles. The lowest BCUT2D eigenvalue weighted by Crippen LogP contribution is -2.32. The van der Waals surface area contributed by atoms with Crippen LogP contribution in [0, 0.1) is 5.92 Å². The molecule has 0 saturated carbocycles. The Morgan fingerprint density at radius 1 is 1.60 bits per heavy atom. The summed E-state index contributed by atoms with van der Waals surface area (Å²) in [5.41, 5.74) is 1.12. The van der Waals surface area contributed by atoms with Crippen molar-refractivity contribution < 1.29 is 9.53 Å². The topological polar surface area (TPSA) is 38.3 Å². The van der Waals surface area contributed by atoms with Gasteiger partial charge in [0, 0.05) is 19.2 Å². The van der Waals surface area contributed by atoms with Gasteiger partial charge in [-0.2, -0.15) is 0 Å². The maximum atomic E-state index is 11.4. The van der Waals surface area contributed by atoms with Crippen LogP contribution in [0.2, 0.25) is 0 Å². The van der Waals surface area contributed by atoms with Gasteiger partial charge in [0.2, 0.25) is 5.91 Å². The first-order valence-electron chi connectivity index (χ1n) is 5.75. The first kappa shape index (κ1) is 12.2. The molecule has 1 amide bonds. The largest absolute Gasteiger partial charge is 0.381 e. The first-order valence-corrected chi connectivity index (χ1v) is 5.75. The third-order valence-corrected chi connectivity index (χ3v) is 2.75. The minimum Gasteiger partial charge on any atom is -0.381 e. The fourth-order valence-electron chi connectivity index (χ4n) is 1.59. The van der Waals surface area contributed by atoms with Crippen LogP contribution in [0.3, 0.4) is 0 Å². The maximum Gasteiger partial charge on any atom is 0.243 e. The number of amides is 1. The fourth-order valence-corrected chi connectivity index (χ4v) is 1.59. The highest BCUT2D eigenvalue weighted by Gasteiger charge is 2.13. The zero-order chi connectivity index (χ0) is 11.1. The van der Waals surface area contributed by atoms with Crippen LogP contribution in [-0.4, -0.2) is 25.7 Å². The minimum absolute atomic E-state index is 0.0277. The number of ether oxygens (including phenoxy) is 1. The predicted molar refractivity (Wildman–Crippen MR) is 60.6 cm³/mol. The quantitative estimate of drug-likeness (QED) is 0.721. The Labute approximate surface area is 91.9 Å². The molecule has 0 aromatic heterocycles. The minimum atomic E-state index is 0.0277. The summed E-state index contributed by atoms with van der Waals surface area (Å²) in [7, 11) is 0. The Morgan fingerprint density at radius 2 is 2.40 bits per heavy atom. The second kappa shape index (κ2) is 6.62. The van der Waals surface area contributed by atoms with E-state index in [0.717, 1.165) is 44.6 Å². The van der Waals surface area contributed by atoms with Crippen molar-refractivity contribution in [1.82, 2.24) is 5.32 Å². The van der Waals surface area contributed by atoms with E-state index in [4.69, 9.17) is 4.74 Å². The molecule has 1 saturated heterocycles. The van der Waals surface area contributed by atoms with Crippen molar-refractivity contribution in [3.63, 3.8) is 0 Å². The number of nitrogens with one attached hydrogen (secondary N) is 1. The van der Waals surface area contributed by atoms with Gasteiger partial charge in [0.05, 0.1) is 6.61 Å². The van der Waals surface area contributed by atoms with Gasteiger partial charge < -0.3 is 10.1 Å². The van der Waals surface area contributed by atoms with Crippen LogP contribution < -0.4 is 5.32 Å². The van der Waals surface area contributed by atoms with E-state index in [1.165, 1.54) is 0 Å². The summed E-state index contributed by atoms with van der Waals surface area (Å²) >= 11 is 0. The van der Waals surface area contributed by atoms with Crippen LogP contribution >= 0.6 is 0 Å². The molecule has 1 fully saturated rings. The molecule has 86 valence electrons. The molecule has 1 N–H and O–H groups in total. The average Bonchev–Trinajstić information content (AvgIpc) is 2.27. The highest BCUT2D eigenvalue weighted by molar-refractivity contribution is 5.88. The zero-order valence-electron chi connectivity index (χ0n) is 9.71. The second-order valence-corrected chi connectivity index (χ2v) is 4.17. The van der Waals surface area contributed by atoms with Crippen LogP contribution in [0.25, 0.3) is 0 Å². The van der Waals surface area contributed by atoms with Crippen molar-refractivity contribution in [3.05, 3.63) is 11.6 Å². The lowest BCUT2D eigenvalue weighted by atomic mass is 10.0. The van der Waals surface area contributed by atoms with Crippen LogP contribution in [0.15, 0.2) is 11.6 Å². The Morgan fingerprint density at radius 3 is 3.00 bits per heavy atom. The van der Waals surface area contributed by atoms with Gasteiger partial charge in [-0.1, -0.05) is 12.5 Å². The Balaban J connectivity index is 2.21. The van der Waals surface area contributed by atoms with Gasteiger partial charge in [-0.15, -0.1) is 0 Å². The standard InChI is InChI=1S/C12H21NO2/c1-3-10(2)7-12(14)13-8-11-5-4-6-15-9-11/h7,11H,3-6,8-9H2,1-2H3,(H,13,14)/b10-7-/t11-/m0/s1. The molecule has 1 aliphatic rings. The van der Waals surface area contributed by atoms with Crippen LogP contribution in [0.4, 0.5) is 0 Å². The summed E-state index contributed by atoms with van der Waals surface area (Å²) in [6.45, 7) is 6.43. The van der Waals surface area contributed by atoms with Gasteiger partial charge >= 0.3 is 0 Å². The first-order chi connectivity index (χ1) is 7.22. The average molecular weight is 211 g/mol. The number of hydrogen-bond donors (Lipinski definition) is 1. The monoisotopic (exact) mass is 211 g/mol. The number of carbonyl (C=O) groups is 1. The molecule has 0 aliphatic carbocycles. The molecule has 1 atom stereocenters. The third-order valence-electron chi connectivity index (χ3n) is 2.75. The van der Waals surface area contributed by atoms with Gasteiger partial charge in [0.15, 0.2) is 0 Å². The normalized spacial score (nSPS) is 22.5. The number of carbonyl (C=O) groups excluding carboxylic acids is 1. The molecular weight excluding hydrogens is 190 g/mol. The number of hydrogen-bond acceptors (Lipinski definition) is 2. The third kappa shape index (κ3) is 4.98. The van der Waals surface area contributed by atoms with E-state index in [1.54, 1.807) is 6.08 Å². The summed E-state index contributed by atoms with van der Waals surface area (Å²) in [6.07, 6.45) is 4.89. The Hall–Kier alpha value is -0.830. The summed E-state index contributed by atoms with van der Waals surface area (Å²) in [5, 5.41) is 2.92. The van der Waals surface area contributed by atoms with E-state index in [-0.39, 0.29) is 5.91 Å². The Kier molecular flexibility index (Phi) is 5.40. The van der Waals surface area contributed by atoms with Gasteiger partial charge in [-0.25, -0.2) is 0 Å². The molecule has 1 rings (SSSR count).